The molecule has 3 rings (SSSR count). The quantitative estimate of drug-likeness (QED) is 0.729. The van der Waals surface area contributed by atoms with E-state index in [0.717, 1.165) is 11.0 Å². The number of fused-ring (bicyclic) bond motifs is 1. The van der Waals surface area contributed by atoms with Crippen molar-refractivity contribution in [1.29, 1.82) is 0 Å². The summed E-state index contributed by atoms with van der Waals surface area (Å²) in [7, 11) is 0. The highest BCUT2D eigenvalue weighted by Crippen LogP contribution is 2.11. The highest BCUT2D eigenvalue weighted by molar-refractivity contribution is 6.30. The van der Waals surface area contributed by atoms with Crippen LogP contribution in [-0.4, -0.2) is 11.0 Å². The van der Waals surface area contributed by atoms with Crippen molar-refractivity contribution in [2.24, 2.45) is 0 Å². The predicted molar refractivity (Wildman–Crippen MR) is 70.9 cm³/mol. The molecule has 1 aromatic carbocycles. The van der Waals surface area contributed by atoms with Gasteiger partial charge >= 0.3 is 11.6 Å². The fourth-order valence-corrected chi connectivity index (χ4v) is 2.02. The van der Waals surface area contributed by atoms with E-state index < -0.39 is 5.97 Å². The lowest BCUT2D eigenvalue weighted by molar-refractivity contribution is -0.848. The summed E-state index contributed by atoms with van der Waals surface area (Å²) in [6.07, 6.45) is 3.45. The molecule has 0 amide bonds. The van der Waals surface area contributed by atoms with E-state index in [0.29, 0.717) is 10.6 Å². The first-order chi connectivity index (χ1) is 9.24. The number of pyridine rings is 1. The predicted octanol–water partition coefficient (Wildman–Crippen LogP) is 2.38. The maximum Gasteiger partial charge on any atom is 0.388 e. The zero-order chi connectivity index (χ0) is 13.2. The number of nitrogens with zero attached hydrogens (tertiary/aromatic N) is 1. The minimum absolute atomic E-state index is 0.406. The second-order valence-corrected chi connectivity index (χ2v) is 4.44. The van der Waals surface area contributed by atoms with Crippen LogP contribution in [0, 0.1) is 0 Å². The maximum atomic E-state index is 12.0. The first-order valence-corrected chi connectivity index (χ1v) is 6.08. The van der Waals surface area contributed by atoms with E-state index in [9.17, 15) is 4.79 Å². The van der Waals surface area contributed by atoms with Gasteiger partial charge in [0.25, 0.3) is 0 Å². The summed E-state index contributed by atoms with van der Waals surface area (Å²) in [6.45, 7) is 0. The second-order valence-electron chi connectivity index (χ2n) is 4.00. The molecule has 0 aliphatic heterocycles. The van der Waals surface area contributed by atoms with Gasteiger partial charge in [-0.3, -0.25) is 4.84 Å². The molecule has 5 heteroatoms. The van der Waals surface area contributed by atoms with Crippen molar-refractivity contribution in [3.05, 3.63) is 65.4 Å². The number of benzene rings is 1. The molecule has 0 saturated carbocycles. The van der Waals surface area contributed by atoms with Crippen LogP contribution in [0.4, 0.5) is 0 Å². The van der Waals surface area contributed by atoms with Crippen molar-refractivity contribution in [3.8, 4) is 0 Å². The fourth-order valence-electron chi connectivity index (χ4n) is 1.83. The number of hydrogen-bond donors (Lipinski definition) is 1. The Kier molecular flexibility index (Phi) is 2.93. The van der Waals surface area contributed by atoms with Gasteiger partial charge < -0.3 is 0 Å². The molecule has 1 N–H and O–H groups in total. The number of carbonyl (C=O) groups excluding carboxylic acids is 1. The van der Waals surface area contributed by atoms with Gasteiger partial charge in [-0.15, -0.1) is 0 Å². The molecule has 94 valence electrons. The van der Waals surface area contributed by atoms with E-state index in [1.807, 2.05) is 12.1 Å². The van der Waals surface area contributed by atoms with E-state index in [1.54, 1.807) is 42.7 Å². The van der Waals surface area contributed by atoms with Gasteiger partial charge in [0, 0.05) is 5.02 Å². The van der Waals surface area contributed by atoms with Crippen LogP contribution in [0.1, 0.15) is 10.4 Å². The molecule has 0 bridgehead atoms. The van der Waals surface area contributed by atoms with E-state index in [4.69, 9.17) is 16.4 Å². The molecular weight excluding hydrogens is 264 g/mol. The van der Waals surface area contributed by atoms with Crippen molar-refractivity contribution >= 4 is 28.6 Å². The average Bonchev–Trinajstić information content (AvgIpc) is 2.88. The zero-order valence-corrected chi connectivity index (χ0v) is 10.6. The Morgan fingerprint density at radius 1 is 1.21 bits per heavy atom. The van der Waals surface area contributed by atoms with Gasteiger partial charge in [-0.25, -0.2) is 9.78 Å². The second kappa shape index (κ2) is 4.74. The lowest BCUT2D eigenvalue weighted by Crippen LogP contribution is -2.46. The van der Waals surface area contributed by atoms with Gasteiger partial charge in [0.05, 0.1) is 17.1 Å². The van der Waals surface area contributed by atoms with E-state index in [-0.39, 0.29) is 0 Å². The number of aromatic amines is 1. The molecule has 0 spiro atoms. The Labute approximate surface area is 114 Å². The third kappa shape index (κ3) is 2.30. The van der Waals surface area contributed by atoms with Crippen molar-refractivity contribution < 1.29 is 14.4 Å². The van der Waals surface area contributed by atoms with Crippen LogP contribution in [0.5, 0.6) is 0 Å². The van der Waals surface area contributed by atoms with Gasteiger partial charge in [0.15, 0.2) is 0 Å². The van der Waals surface area contributed by atoms with Crippen LogP contribution < -0.4 is 9.57 Å². The third-order valence-electron chi connectivity index (χ3n) is 2.72. The average molecular weight is 274 g/mol. The lowest BCUT2D eigenvalue weighted by Gasteiger charge is -2.01. The van der Waals surface area contributed by atoms with Crippen LogP contribution in [0.3, 0.4) is 0 Å². The van der Waals surface area contributed by atoms with E-state index in [2.05, 4.69) is 4.98 Å². The van der Waals surface area contributed by atoms with Gasteiger partial charge in [0.1, 0.15) is 6.20 Å². The Hall–Kier alpha value is -2.33. The van der Waals surface area contributed by atoms with Gasteiger partial charge in [-0.05, 0) is 41.1 Å². The molecule has 0 fully saturated rings. The van der Waals surface area contributed by atoms with Gasteiger partial charge in [0.2, 0.25) is 0 Å². The van der Waals surface area contributed by atoms with Crippen molar-refractivity contribution in [1.82, 2.24) is 4.98 Å². The first kappa shape index (κ1) is 11.7. The number of halogens is 1. The standard InChI is InChI=1S/C14H9ClN2O2/c15-12-5-1-3-11(9-12)14(18)19-17-8-2-4-10-6-7-16-13(10)17/h1-9H/p+1. The monoisotopic (exact) mass is 273 g/mol. The number of carbonyl (C=O) groups is 1. The molecule has 0 unspecified atom stereocenters. The molecule has 2 heterocycles. The largest absolute Gasteiger partial charge is 0.388 e. The third-order valence-corrected chi connectivity index (χ3v) is 2.95. The summed E-state index contributed by atoms with van der Waals surface area (Å²) >= 11 is 5.85. The minimum Gasteiger partial charge on any atom is -0.252 e. The first-order valence-electron chi connectivity index (χ1n) is 5.70. The summed E-state index contributed by atoms with van der Waals surface area (Å²) in [6, 6.07) is 12.3. The molecule has 3 aromatic rings. The molecule has 0 atom stereocenters. The number of nitrogens with one attached hydrogen (secondary N) is 1. The molecule has 0 aliphatic rings. The molecule has 0 radical (unpaired) electrons. The summed E-state index contributed by atoms with van der Waals surface area (Å²) in [5, 5.41) is 1.46. The number of H-pyrrole nitrogens is 1. The minimum atomic E-state index is -0.463. The topological polar surface area (TPSA) is 46.0 Å². The van der Waals surface area contributed by atoms with Crippen LogP contribution >= 0.6 is 11.6 Å². The van der Waals surface area contributed by atoms with Gasteiger partial charge in [-0.2, -0.15) is 0 Å². The molecule has 0 saturated heterocycles. The normalized spacial score (nSPS) is 10.6. The van der Waals surface area contributed by atoms with E-state index in [1.165, 1.54) is 4.73 Å². The molecule has 19 heavy (non-hydrogen) atoms. The Morgan fingerprint density at radius 3 is 2.95 bits per heavy atom. The van der Waals surface area contributed by atoms with Crippen molar-refractivity contribution in [3.63, 3.8) is 0 Å². The smallest absolute Gasteiger partial charge is 0.252 e. The van der Waals surface area contributed by atoms with Crippen LogP contribution in [0.25, 0.3) is 11.0 Å². The van der Waals surface area contributed by atoms with Gasteiger partial charge in [-0.1, -0.05) is 17.7 Å². The fraction of sp³-hybridized carbons (Fsp3) is 0. The Balaban J connectivity index is 1.93. The number of hydrogen-bond acceptors (Lipinski definition) is 2. The van der Waals surface area contributed by atoms with Crippen molar-refractivity contribution in [2.75, 3.05) is 0 Å². The summed E-state index contributed by atoms with van der Waals surface area (Å²) in [5.41, 5.74) is 1.13. The molecule has 4 nitrogen and oxygen atoms in total. The highest BCUT2D eigenvalue weighted by Gasteiger charge is 2.15. The zero-order valence-electron chi connectivity index (χ0n) is 9.84. The Bertz CT molecular complexity index is 752. The summed E-state index contributed by atoms with van der Waals surface area (Å²) in [5.74, 6) is -0.463. The lowest BCUT2D eigenvalue weighted by atomic mass is 10.2. The number of rotatable bonds is 2. The molecular formula is C14H10ClN2O2+. The highest BCUT2D eigenvalue weighted by atomic mass is 35.5. The summed E-state index contributed by atoms with van der Waals surface area (Å²) < 4.78 is 1.40. The maximum absolute atomic E-state index is 12.0. The SMILES string of the molecule is O=C(O[n+]1cccc2cc[nH]c21)c1cccc(Cl)c1. The van der Waals surface area contributed by atoms with E-state index >= 15 is 0 Å². The number of aromatic nitrogens is 2. The molecule has 2 aromatic heterocycles. The Morgan fingerprint density at radius 2 is 2.11 bits per heavy atom. The van der Waals surface area contributed by atoms with Crippen LogP contribution in [0.15, 0.2) is 54.9 Å². The van der Waals surface area contributed by atoms with Crippen LogP contribution in [0.2, 0.25) is 5.02 Å². The van der Waals surface area contributed by atoms with Crippen LogP contribution in [-0.2, 0) is 0 Å². The van der Waals surface area contributed by atoms with Crippen molar-refractivity contribution in [2.45, 2.75) is 0 Å². The summed E-state index contributed by atoms with van der Waals surface area (Å²) in [4.78, 5) is 20.3. The molecule has 0 aliphatic carbocycles.